The van der Waals surface area contributed by atoms with Crippen LogP contribution in [0.5, 0.6) is 0 Å². The number of alkyl carbamates (subject to hydrolysis) is 1. The van der Waals surface area contributed by atoms with E-state index in [1.165, 1.54) is 0 Å². The predicted octanol–water partition coefficient (Wildman–Crippen LogP) is 3.70. The summed E-state index contributed by atoms with van der Waals surface area (Å²) in [5.41, 5.74) is 0.919. The highest BCUT2D eigenvalue weighted by atomic mass is 79.9. The maximum absolute atomic E-state index is 11.1. The molecule has 1 aromatic carbocycles. The second kappa shape index (κ2) is 5.75. The third-order valence-electron chi connectivity index (χ3n) is 2.27. The summed E-state index contributed by atoms with van der Waals surface area (Å²) in [6.45, 7) is 0.430. The molecule has 1 aliphatic heterocycles. The molecular weight excluding hydrogens is 317 g/mol. The van der Waals surface area contributed by atoms with Gasteiger partial charge in [0.2, 0.25) is 0 Å². The molecule has 1 heterocycles. The van der Waals surface area contributed by atoms with Crippen molar-refractivity contribution in [2.75, 3.05) is 6.61 Å². The lowest BCUT2D eigenvalue weighted by Crippen LogP contribution is -2.35. The van der Waals surface area contributed by atoms with Gasteiger partial charge in [-0.1, -0.05) is 27.5 Å². The second-order valence-electron chi connectivity index (χ2n) is 3.29. The number of carbonyl (C=O) groups excluding carboxylic acids is 1. The average molecular weight is 327 g/mol. The number of nitrogens with one attached hydrogen (secondary N) is 1. The zero-order valence-electron chi connectivity index (χ0n) is 8.20. The molecule has 1 N–H and O–H groups in total. The van der Waals surface area contributed by atoms with Crippen LogP contribution in [0.15, 0.2) is 22.7 Å². The second-order valence-corrected chi connectivity index (χ2v) is 4.61. The summed E-state index contributed by atoms with van der Waals surface area (Å²) in [6.07, 6.45) is 0.351. The lowest BCUT2D eigenvalue weighted by molar-refractivity contribution is 0.115. The molecule has 2 rings (SSSR count). The Labute approximate surface area is 113 Å². The van der Waals surface area contributed by atoms with Gasteiger partial charge in [0.05, 0.1) is 12.6 Å². The van der Waals surface area contributed by atoms with Crippen molar-refractivity contribution in [2.24, 2.45) is 0 Å². The summed E-state index contributed by atoms with van der Waals surface area (Å²) in [5, 5.41) is 3.39. The molecule has 0 saturated carbocycles. The zero-order valence-corrected chi connectivity index (χ0v) is 11.4. The van der Waals surface area contributed by atoms with Crippen LogP contribution in [0, 0.1) is 0 Å². The van der Waals surface area contributed by atoms with Gasteiger partial charge in [0, 0.05) is 15.9 Å². The number of cyclic esters (lactones) is 1. The van der Waals surface area contributed by atoms with E-state index < -0.39 is 0 Å². The summed E-state index contributed by atoms with van der Waals surface area (Å²) in [6, 6.07) is 5.53. The van der Waals surface area contributed by atoms with Gasteiger partial charge in [-0.3, -0.25) is 0 Å². The molecule has 16 heavy (non-hydrogen) atoms. The standard InChI is InChI=1S/C10H9BrClNO2.ClH/c11-6-1-2-8(12)7(5-6)9-3-4-15-10(14)13-9;/h1-2,5,9H,3-4H2,(H,13,14);1H/t9-;/m0./s1. The van der Waals surface area contributed by atoms with E-state index in [1.807, 2.05) is 18.2 Å². The van der Waals surface area contributed by atoms with Gasteiger partial charge in [-0.15, -0.1) is 12.4 Å². The van der Waals surface area contributed by atoms with E-state index in [0.29, 0.717) is 11.6 Å². The lowest BCUT2D eigenvalue weighted by Gasteiger charge is -2.24. The summed E-state index contributed by atoms with van der Waals surface area (Å²) >= 11 is 9.44. The monoisotopic (exact) mass is 325 g/mol. The van der Waals surface area contributed by atoms with E-state index in [0.717, 1.165) is 16.5 Å². The normalized spacial score (nSPS) is 19.4. The molecule has 1 aliphatic rings. The Hall–Kier alpha value is -0.450. The van der Waals surface area contributed by atoms with E-state index in [1.54, 1.807) is 0 Å². The van der Waals surface area contributed by atoms with E-state index in [9.17, 15) is 4.79 Å². The van der Waals surface area contributed by atoms with Gasteiger partial charge < -0.3 is 10.1 Å². The Balaban J connectivity index is 0.00000128. The van der Waals surface area contributed by atoms with Crippen LogP contribution in [0.4, 0.5) is 4.79 Å². The summed E-state index contributed by atoms with van der Waals surface area (Å²) in [5.74, 6) is 0. The summed E-state index contributed by atoms with van der Waals surface area (Å²) < 4.78 is 5.74. The number of halogens is 3. The van der Waals surface area contributed by atoms with Crippen LogP contribution in [0.1, 0.15) is 18.0 Å². The molecule has 1 amide bonds. The minimum atomic E-state index is -0.387. The SMILES string of the molecule is Cl.O=C1N[C@H](c2cc(Br)ccc2Cl)CCO1. The van der Waals surface area contributed by atoms with Crippen molar-refractivity contribution in [2.45, 2.75) is 12.5 Å². The third kappa shape index (κ3) is 3.03. The van der Waals surface area contributed by atoms with Gasteiger partial charge >= 0.3 is 6.09 Å². The van der Waals surface area contributed by atoms with Gasteiger partial charge in [0.1, 0.15) is 0 Å². The topological polar surface area (TPSA) is 38.3 Å². The first-order valence-electron chi connectivity index (χ1n) is 4.55. The highest BCUT2D eigenvalue weighted by Gasteiger charge is 2.22. The van der Waals surface area contributed by atoms with Crippen LogP contribution in [0.3, 0.4) is 0 Å². The molecule has 0 bridgehead atoms. The number of hydrogen-bond acceptors (Lipinski definition) is 2. The molecule has 0 unspecified atom stereocenters. The van der Waals surface area contributed by atoms with Crippen molar-refractivity contribution in [1.29, 1.82) is 0 Å². The first-order chi connectivity index (χ1) is 7.16. The Kier molecular flexibility index (Phi) is 4.89. The fraction of sp³-hybridized carbons (Fsp3) is 0.300. The maximum Gasteiger partial charge on any atom is 0.407 e. The summed E-state index contributed by atoms with van der Waals surface area (Å²) in [7, 11) is 0. The number of carbonyl (C=O) groups is 1. The van der Waals surface area contributed by atoms with Crippen molar-refractivity contribution in [3.63, 3.8) is 0 Å². The molecule has 0 aromatic heterocycles. The predicted molar refractivity (Wildman–Crippen MR) is 68.2 cm³/mol. The molecule has 3 nitrogen and oxygen atoms in total. The van der Waals surface area contributed by atoms with Crippen LogP contribution < -0.4 is 5.32 Å². The minimum Gasteiger partial charge on any atom is -0.449 e. The van der Waals surface area contributed by atoms with Gasteiger partial charge in [-0.25, -0.2) is 4.79 Å². The highest BCUT2D eigenvalue weighted by molar-refractivity contribution is 9.10. The van der Waals surface area contributed by atoms with Crippen molar-refractivity contribution in [1.82, 2.24) is 5.32 Å². The van der Waals surface area contributed by atoms with Crippen LogP contribution in [0.25, 0.3) is 0 Å². The smallest absolute Gasteiger partial charge is 0.407 e. The van der Waals surface area contributed by atoms with Crippen molar-refractivity contribution < 1.29 is 9.53 Å². The van der Waals surface area contributed by atoms with Gasteiger partial charge in [-0.2, -0.15) is 0 Å². The molecule has 1 atom stereocenters. The Morgan fingerprint density at radius 1 is 1.50 bits per heavy atom. The Morgan fingerprint density at radius 2 is 2.25 bits per heavy atom. The van der Waals surface area contributed by atoms with E-state index in [2.05, 4.69) is 21.2 Å². The summed E-state index contributed by atoms with van der Waals surface area (Å²) in [4.78, 5) is 11.1. The first-order valence-corrected chi connectivity index (χ1v) is 5.72. The Bertz CT molecular complexity index is 400. The lowest BCUT2D eigenvalue weighted by atomic mass is 10.0. The highest BCUT2D eigenvalue weighted by Crippen LogP contribution is 2.29. The number of benzene rings is 1. The maximum atomic E-state index is 11.1. The number of ether oxygens (including phenoxy) is 1. The molecule has 1 aromatic rings. The number of hydrogen-bond donors (Lipinski definition) is 1. The zero-order chi connectivity index (χ0) is 10.8. The van der Waals surface area contributed by atoms with Crippen LogP contribution in [-0.4, -0.2) is 12.7 Å². The van der Waals surface area contributed by atoms with Gasteiger partial charge in [-0.05, 0) is 23.8 Å². The largest absolute Gasteiger partial charge is 0.449 e. The molecule has 88 valence electrons. The Morgan fingerprint density at radius 3 is 2.94 bits per heavy atom. The third-order valence-corrected chi connectivity index (χ3v) is 3.10. The van der Waals surface area contributed by atoms with Crippen LogP contribution in [0.2, 0.25) is 5.02 Å². The average Bonchev–Trinajstić information content (AvgIpc) is 2.22. The minimum absolute atomic E-state index is 0. The number of amides is 1. The quantitative estimate of drug-likeness (QED) is 0.854. The molecule has 0 aliphatic carbocycles. The first kappa shape index (κ1) is 13.6. The molecular formula is C10H10BrCl2NO2. The van der Waals surface area contributed by atoms with Gasteiger partial charge in [0.25, 0.3) is 0 Å². The number of rotatable bonds is 1. The van der Waals surface area contributed by atoms with Crippen molar-refractivity contribution >= 4 is 46.0 Å². The molecule has 6 heteroatoms. The van der Waals surface area contributed by atoms with Crippen molar-refractivity contribution in [3.05, 3.63) is 33.3 Å². The van der Waals surface area contributed by atoms with E-state index in [4.69, 9.17) is 16.3 Å². The van der Waals surface area contributed by atoms with Crippen molar-refractivity contribution in [3.8, 4) is 0 Å². The molecule has 0 spiro atoms. The van der Waals surface area contributed by atoms with Crippen LogP contribution >= 0.6 is 39.9 Å². The van der Waals surface area contributed by atoms with Gasteiger partial charge in [0.15, 0.2) is 0 Å². The van der Waals surface area contributed by atoms with Crippen LogP contribution in [-0.2, 0) is 4.74 Å². The van der Waals surface area contributed by atoms with E-state index >= 15 is 0 Å². The van der Waals surface area contributed by atoms with E-state index in [-0.39, 0.29) is 24.5 Å². The molecule has 0 radical (unpaired) electrons. The molecule has 1 fully saturated rings. The fourth-order valence-electron chi connectivity index (χ4n) is 1.54. The fourth-order valence-corrected chi connectivity index (χ4v) is 2.17. The molecule has 1 saturated heterocycles.